The smallest absolute Gasteiger partial charge is 0.327 e. The van der Waals surface area contributed by atoms with Crippen molar-refractivity contribution in [3.63, 3.8) is 0 Å². The molecule has 0 aromatic heterocycles. The number of nitrogens with one attached hydrogen (secondary N) is 1. The van der Waals surface area contributed by atoms with Crippen LogP contribution in [0.4, 0.5) is 0 Å². The van der Waals surface area contributed by atoms with Gasteiger partial charge in [0.25, 0.3) is 5.91 Å². The monoisotopic (exact) mass is 320 g/mol. The number of β-lactam (4-membered cyclic amide) rings is 1. The van der Waals surface area contributed by atoms with Gasteiger partial charge in [-0.25, -0.2) is 4.79 Å². The number of carbonyl (C=O) groups is 3. The van der Waals surface area contributed by atoms with Crippen LogP contribution in [0.2, 0.25) is 0 Å². The summed E-state index contributed by atoms with van der Waals surface area (Å²) in [7, 11) is 0. The molecule has 0 bridgehead atoms. The van der Waals surface area contributed by atoms with Crippen molar-refractivity contribution in [2.45, 2.75) is 36.1 Å². The second kappa shape index (κ2) is 5.01. The first-order valence-corrected chi connectivity index (χ1v) is 7.79. The number of carboxylic acids is 1. The summed E-state index contributed by atoms with van der Waals surface area (Å²) >= 11 is 1.41. The predicted octanol–water partition coefficient (Wildman–Crippen LogP) is 0.932. The van der Waals surface area contributed by atoms with Crippen molar-refractivity contribution in [1.29, 1.82) is 0 Å². The maximum absolute atomic E-state index is 12.2. The number of benzene rings is 1. The highest BCUT2D eigenvalue weighted by atomic mass is 32.2. The van der Waals surface area contributed by atoms with E-state index < -0.39 is 22.8 Å². The Morgan fingerprint density at radius 1 is 1.27 bits per heavy atom. The average Bonchev–Trinajstić information content (AvgIpc) is 2.74. The summed E-state index contributed by atoms with van der Waals surface area (Å²) in [5.74, 6) is -1.67. The van der Waals surface area contributed by atoms with E-state index >= 15 is 0 Å². The Kier molecular flexibility index (Phi) is 3.40. The molecule has 2 heterocycles. The number of carboxylic acid groups (broad SMARTS) is 1. The van der Waals surface area contributed by atoms with Crippen LogP contribution in [0.25, 0.3) is 0 Å². The van der Waals surface area contributed by atoms with Gasteiger partial charge in [-0.3, -0.25) is 9.59 Å². The molecule has 0 radical (unpaired) electrons. The highest BCUT2D eigenvalue weighted by Gasteiger charge is 2.64. The molecule has 3 atom stereocenters. The zero-order chi connectivity index (χ0) is 16.1. The number of thioether (sulfide) groups is 1. The Hall–Kier alpha value is -2.02. The molecule has 1 aromatic carbocycles. The number of hydrogen-bond donors (Lipinski definition) is 2. The van der Waals surface area contributed by atoms with E-state index in [1.807, 2.05) is 0 Å². The minimum absolute atomic E-state index is 0.323. The molecule has 0 aliphatic carbocycles. The van der Waals surface area contributed by atoms with E-state index in [0.29, 0.717) is 5.56 Å². The SMILES string of the molecule is CC1(C)S[C@@H]2C(NC(=O)c3ccccc3)C(=O)N2[C@H]1C(=O)O. The van der Waals surface area contributed by atoms with Crippen LogP contribution in [-0.2, 0) is 9.59 Å². The first-order valence-electron chi connectivity index (χ1n) is 6.91. The molecule has 2 aliphatic heterocycles. The third-order valence-corrected chi connectivity index (χ3v) is 5.57. The minimum Gasteiger partial charge on any atom is -0.480 e. The molecule has 6 nitrogen and oxygen atoms in total. The van der Waals surface area contributed by atoms with E-state index in [1.54, 1.807) is 44.2 Å². The number of fused-ring (bicyclic) bond motifs is 1. The van der Waals surface area contributed by atoms with Gasteiger partial charge in [-0.1, -0.05) is 18.2 Å². The van der Waals surface area contributed by atoms with E-state index in [4.69, 9.17) is 0 Å². The molecule has 7 heteroatoms. The molecule has 2 fully saturated rings. The fourth-order valence-electron chi connectivity index (χ4n) is 2.96. The molecule has 2 amide bonds. The zero-order valence-electron chi connectivity index (χ0n) is 12.1. The van der Waals surface area contributed by atoms with Gasteiger partial charge in [0.05, 0.1) is 0 Å². The molecule has 22 heavy (non-hydrogen) atoms. The Morgan fingerprint density at radius 3 is 2.50 bits per heavy atom. The van der Waals surface area contributed by atoms with Gasteiger partial charge in [-0.15, -0.1) is 11.8 Å². The summed E-state index contributed by atoms with van der Waals surface area (Å²) in [5.41, 5.74) is 0.478. The lowest BCUT2D eigenvalue weighted by atomic mass is 9.96. The molecule has 116 valence electrons. The van der Waals surface area contributed by atoms with Crippen LogP contribution in [-0.4, -0.2) is 50.0 Å². The van der Waals surface area contributed by atoms with Gasteiger partial charge in [-0.05, 0) is 26.0 Å². The number of carbonyl (C=O) groups excluding carboxylic acids is 2. The van der Waals surface area contributed by atoms with Crippen molar-refractivity contribution in [1.82, 2.24) is 10.2 Å². The van der Waals surface area contributed by atoms with E-state index in [9.17, 15) is 19.5 Å². The number of hydrogen-bond acceptors (Lipinski definition) is 4. The Balaban J connectivity index is 1.76. The van der Waals surface area contributed by atoms with E-state index in [0.717, 1.165) is 0 Å². The summed E-state index contributed by atoms with van der Waals surface area (Å²) in [6.07, 6.45) is 0. The highest BCUT2D eigenvalue weighted by Crippen LogP contribution is 2.50. The quantitative estimate of drug-likeness (QED) is 0.809. The average molecular weight is 320 g/mol. The lowest BCUT2D eigenvalue weighted by Gasteiger charge is -2.43. The van der Waals surface area contributed by atoms with E-state index in [2.05, 4.69) is 5.32 Å². The topological polar surface area (TPSA) is 86.7 Å². The van der Waals surface area contributed by atoms with Crippen molar-refractivity contribution in [3.05, 3.63) is 35.9 Å². The molecule has 1 aromatic rings. The van der Waals surface area contributed by atoms with Crippen molar-refractivity contribution >= 4 is 29.5 Å². The molecular weight excluding hydrogens is 304 g/mol. The lowest BCUT2D eigenvalue weighted by molar-refractivity contribution is -0.159. The summed E-state index contributed by atoms with van der Waals surface area (Å²) in [5, 5.41) is 11.7. The third-order valence-electron chi connectivity index (χ3n) is 4.00. The Labute approximate surface area is 131 Å². The van der Waals surface area contributed by atoms with Crippen LogP contribution in [0.5, 0.6) is 0 Å². The minimum atomic E-state index is -1.01. The van der Waals surface area contributed by atoms with Crippen LogP contribution in [0, 0.1) is 0 Å². The molecular formula is C15H16N2O4S. The van der Waals surface area contributed by atoms with Gasteiger partial charge in [0.1, 0.15) is 17.5 Å². The third kappa shape index (κ3) is 2.16. The van der Waals surface area contributed by atoms with Crippen LogP contribution < -0.4 is 5.32 Å². The largest absolute Gasteiger partial charge is 0.480 e. The maximum Gasteiger partial charge on any atom is 0.327 e. The molecule has 2 aliphatic rings. The van der Waals surface area contributed by atoms with Gasteiger partial charge in [0.15, 0.2) is 0 Å². The molecule has 2 saturated heterocycles. The number of aliphatic carboxylic acids is 1. The lowest BCUT2D eigenvalue weighted by Crippen LogP contribution is -2.70. The van der Waals surface area contributed by atoms with Crippen LogP contribution in [0.3, 0.4) is 0 Å². The van der Waals surface area contributed by atoms with Gasteiger partial charge in [0.2, 0.25) is 5.91 Å². The standard InChI is InChI=1S/C15H16N2O4S/c1-15(2)10(14(20)21)17-12(19)9(13(17)22-15)16-11(18)8-6-4-3-5-7-8/h3-7,9-10,13H,1-2H3,(H,16,18)(H,20,21)/t9?,10-,13+/m0/s1. The summed E-state index contributed by atoms with van der Waals surface area (Å²) in [6, 6.07) is 7.11. The zero-order valence-corrected chi connectivity index (χ0v) is 13.0. The maximum atomic E-state index is 12.2. The second-order valence-electron chi connectivity index (χ2n) is 5.92. The fraction of sp³-hybridized carbons (Fsp3) is 0.400. The van der Waals surface area contributed by atoms with Gasteiger partial charge in [0, 0.05) is 10.3 Å². The Bertz CT molecular complexity index is 646. The highest BCUT2D eigenvalue weighted by molar-refractivity contribution is 8.01. The first kappa shape index (κ1) is 14.9. The van der Waals surface area contributed by atoms with E-state index in [1.165, 1.54) is 16.7 Å². The molecule has 2 N–H and O–H groups in total. The normalized spacial score (nSPS) is 28.7. The first-order chi connectivity index (χ1) is 10.3. The van der Waals surface area contributed by atoms with Crippen molar-refractivity contribution < 1.29 is 19.5 Å². The second-order valence-corrected chi connectivity index (χ2v) is 7.69. The summed E-state index contributed by atoms with van der Waals surface area (Å²) in [4.78, 5) is 37.2. The van der Waals surface area contributed by atoms with Crippen molar-refractivity contribution in [2.75, 3.05) is 0 Å². The number of amides is 2. The van der Waals surface area contributed by atoms with Gasteiger partial charge in [-0.2, -0.15) is 0 Å². The van der Waals surface area contributed by atoms with Gasteiger partial charge >= 0.3 is 5.97 Å². The van der Waals surface area contributed by atoms with Crippen LogP contribution in [0.1, 0.15) is 24.2 Å². The molecule has 3 rings (SSSR count). The Morgan fingerprint density at radius 2 is 1.91 bits per heavy atom. The predicted molar refractivity (Wildman–Crippen MR) is 81.4 cm³/mol. The van der Waals surface area contributed by atoms with Crippen molar-refractivity contribution in [2.24, 2.45) is 0 Å². The molecule has 1 unspecified atom stereocenters. The summed E-state index contributed by atoms with van der Waals surface area (Å²) < 4.78 is -0.585. The number of nitrogens with zero attached hydrogens (tertiary/aromatic N) is 1. The number of rotatable bonds is 3. The van der Waals surface area contributed by atoms with Crippen molar-refractivity contribution in [3.8, 4) is 0 Å². The van der Waals surface area contributed by atoms with E-state index in [-0.39, 0.29) is 17.2 Å². The van der Waals surface area contributed by atoms with Crippen LogP contribution >= 0.6 is 11.8 Å². The molecule has 0 spiro atoms. The fourth-order valence-corrected chi connectivity index (χ4v) is 4.58. The van der Waals surface area contributed by atoms with Crippen LogP contribution in [0.15, 0.2) is 30.3 Å². The van der Waals surface area contributed by atoms with Gasteiger partial charge < -0.3 is 15.3 Å². The summed E-state index contributed by atoms with van der Waals surface area (Å²) in [6.45, 7) is 3.61. The molecule has 0 saturated carbocycles.